The molecule has 0 unspecified atom stereocenters. The molecule has 2 amide bonds. The topological polar surface area (TPSA) is 105 Å². The SMILES string of the molecule is CC(C)(CNC(=O)[C@@H]1CCC[C@@H]1CNC(=O)OCC1c2ccccc2-c2ccccc21)CC(=O)O. The van der Waals surface area contributed by atoms with Gasteiger partial charge in [0.1, 0.15) is 6.61 Å². The van der Waals surface area contributed by atoms with Gasteiger partial charge in [-0.05, 0) is 46.4 Å². The van der Waals surface area contributed by atoms with Gasteiger partial charge in [-0.3, -0.25) is 9.59 Å². The number of fused-ring (bicyclic) bond motifs is 3. The molecule has 4 rings (SSSR count). The fourth-order valence-electron chi connectivity index (χ4n) is 5.42. The van der Waals surface area contributed by atoms with Gasteiger partial charge in [-0.15, -0.1) is 0 Å². The first-order valence-corrected chi connectivity index (χ1v) is 12.3. The van der Waals surface area contributed by atoms with Gasteiger partial charge in [-0.2, -0.15) is 0 Å². The van der Waals surface area contributed by atoms with Crippen molar-refractivity contribution in [1.82, 2.24) is 10.6 Å². The number of aliphatic carboxylic acids is 1. The number of amides is 2. The number of carboxylic acids is 1. The molecule has 1 saturated carbocycles. The van der Waals surface area contributed by atoms with Gasteiger partial charge in [0, 0.05) is 24.9 Å². The van der Waals surface area contributed by atoms with Crippen LogP contribution in [0.25, 0.3) is 11.1 Å². The van der Waals surface area contributed by atoms with Crippen LogP contribution in [0.15, 0.2) is 48.5 Å². The molecule has 7 heteroatoms. The smallest absolute Gasteiger partial charge is 0.407 e. The summed E-state index contributed by atoms with van der Waals surface area (Å²) in [6, 6.07) is 16.4. The van der Waals surface area contributed by atoms with E-state index in [-0.39, 0.29) is 36.7 Å². The molecule has 0 saturated heterocycles. The minimum atomic E-state index is -0.879. The molecule has 2 aromatic carbocycles. The van der Waals surface area contributed by atoms with Crippen LogP contribution < -0.4 is 10.6 Å². The van der Waals surface area contributed by atoms with Crippen LogP contribution in [0.2, 0.25) is 0 Å². The molecule has 3 N–H and O–H groups in total. The predicted octanol–water partition coefficient (Wildman–Crippen LogP) is 4.56. The Morgan fingerprint density at radius 1 is 0.971 bits per heavy atom. The summed E-state index contributed by atoms with van der Waals surface area (Å²) in [6.45, 7) is 4.60. The van der Waals surface area contributed by atoms with Crippen LogP contribution in [0.4, 0.5) is 4.79 Å². The van der Waals surface area contributed by atoms with Gasteiger partial charge < -0.3 is 20.5 Å². The van der Waals surface area contributed by atoms with Crippen molar-refractivity contribution in [3.63, 3.8) is 0 Å². The molecule has 0 bridgehead atoms. The van der Waals surface area contributed by atoms with Gasteiger partial charge in [-0.1, -0.05) is 68.8 Å². The Bertz CT molecular complexity index is 1050. The highest BCUT2D eigenvalue weighted by Gasteiger charge is 2.34. The molecule has 0 spiro atoms. The molecule has 7 nitrogen and oxygen atoms in total. The number of hydrogen-bond acceptors (Lipinski definition) is 4. The fraction of sp³-hybridized carbons (Fsp3) is 0.464. The quantitative estimate of drug-likeness (QED) is 0.490. The van der Waals surface area contributed by atoms with Crippen molar-refractivity contribution in [1.29, 1.82) is 0 Å². The number of carbonyl (C=O) groups excluding carboxylic acids is 2. The predicted molar refractivity (Wildman–Crippen MR) is 133 cm³/mol. The summed E-state index contributed by atoms with van der Waals surface area (Å²) in [5, 5.41) is 14.8. The summed E-state index contributed by atoms with van der Waals surface area (Å²) in [7, 11) is 0. The maximum Gasteiger partial charge on any atom is 0.407 e. The van der Waals surface area contributed by atoms with Crippen LogP contribution in [-0.4, -0.2) is 42.8 Å². The molecular formula is C28H34N2O5. The minimum Gasteiger partial charge on any atom is -0.481 e. The van der Waals surface area contributed by atoms with E-state index in [0.717, 1.165) is 19.3 Å². The van der Waals surface area contributed by atoms with Crippen LogP contribution in [-0.2, 0) is 14.3 Å². The van der Waals surface area contributed by atoms with E-state index in [1.807, 2.05) is 38.1 Å². The van der Waals surface area contributed by atoms with E-state index in [1.165, 1.54) is 22.3 Å². The number of carbonyl (C=O) groups is 3. The van der Waals surface area contributed by atoms with Gasteiger partial charge >= 0.3 is 12.1 Å². The van der Waals surface area contributed by atoms with Crippen LogP contribution in [0.5, 0.6) is 0 Å². The normalized spacial score (nSPS) is 19.0. The van der Waals surface area contributed by atoms with Crippen LogP contribution in [0.3, 0.4) is 0 Å². The standard InChI is InChI=1S/C28H34N2O5/c1-28(2,14-25(31)32)17-30-26(33)19-13-7-8-18(19)15-29-27(34)35-16-24-22-11-5-3-9-20(22)21-10-4-6-12-23(21)24/h3-6,9-12,18-19,24H,7-8,13-17H2,1-2H3,(H,29,34)(H,30,33)(H,31,32)/t18-,19-/m1/s1. The molecular weight excluding hydrogens is 444 g/mol. The van der Waals surface area contributed by atoms with E-state index < -0.39 is 17.5 Å². The van der Waals surface area contributed by atoms with Crippen LogP contribution in [0, 0.1) is 17.3 Å². The molecule has 35 heavy (non-hydrogen) atoms. The Morgan fingerprint density at radius 3 is 2.23 bits per heavy atom. The second-order valence-corrected chi connectivity index (χ2v) is 10.5. The van der Waals surface area contributed by atoms with Gasteiger partial charge in [-0.25, -0.2) is 4.79 Å². The summed E-state index contributed by atoms with van der Waals surface area (Å²) in [5.41, 5.74) is 4.18. The molecule has 0 radical (unpaired) electrons. The Balaban J connectivity index is 1.27. The van der Waals surface area contributed by atoms with Crippen molar-refractivity contribution in [2.45, 2.75) is 45.4 Å². The van der Waals surface area contributed by atoms with Crippen LogP contribution in [0.1, 0.15) is 56.6 Å². The van der Waals surface area contributed by atoms with E-state index in [4.69, 9.17) is 9.84 Å². The number of hydrogen-bond donors (Lipinski definition) is 3. The van der Waals surface area contributed by atoms with E-state index in [0.29, 0.717) is 13.1 Å². The summed E-state index contributed by atoms with van der Waals surface area (Å²) in [6.07, 6.45) is 2.07. The molecule has 186 valence electrons. The number of benzene rings is 2. The summed E-state index contributed by atoms with van der Waals surface area (Å²) in [5.74, 6) is -1.09. The third-order valence-corrected chi connectivity index (χ3v) is 7.22. The van der Waals surface area contributed by atoms with E-state index in [1.54, 1.807) is 0 Å². The van der Waals surface area contributed by atoms with Crippen molar-refractivity contribution in [3.8, 4) is 11.1 Å². The molecule has 0 aliphatic heterocycles. The van der Waals surface area contributed by atoms with Gasteiger partial charge in [0.15, 0.2) is 0 Å². The lowest BCUT2D eigenvalue weighted by molar-refractivity contribution is -0.139. The summed E-state index contributed by atoms with van der Waals surface area (Å²) in [4.78, 5) is 36.3. The van der Waals surface area contributed by atoms with Gasteiger partial charge in [0.05, 0.1) is 6.42 Å². The lowest BCUT2D eigenvalue weighted by Gasteiger charge is -2.25. The summed E-state index contributed by atoms with van der Waals surface area (Å²) < 4.78 is 5.62. The zero-order valence-corrected chi connectivity index (χ0v) is 20.4. The number of ether oxygens (including phenoxy) is 1. The molecule has 2 aromatic rings. The largest absolute Gasteiger partial charge is 0.481 e. The first kappa shape index (κ1) is 24.8. The van der Waals surface area contributed by atoms with E-state index >= 15 is 0 Å². The van der Waals surface area contributed by atoms with Crippen molar-refractivity contribution in [3.05, 3.63) is 59.7 Å². The fourth-order valence-corrected chi connectivity index (χ4v) is 5.42. The molecule has 2 aliphatic carbocycles. The van der Waals surface area contributed by atoms with Crippen LogP contribution >= 0.6 is 0 Å². The molecule has 0 heterocycles. The Hall–Kier alpha value is -3.35. The van der Waals surface area contributed by atoms with Crippen molar-refractivity contribution >= 4 is 18.0 Å². The molecule has 2 atom stereocenters. The lowest BCUT2D eigenvalue weighted by atomic mass is 9.88. The van der Waals surface area contributed by atoms with Gasteiger partial charge in [0.25, 0.3) is 0 Å². The number of alkyl carbamates (subject to hydrolysis) is 1. The summed E-state index contributed by atoms with van der Waals surface area (Å²) >= 11 is 0. The second kappa shape index (κ2) is 10.5. The highest BCUT2D eigenvalue weighted by molar-refractivity contribution is 5.80. The first-order chi connectivity index (χ1) is 16.7. The minimum absolute atomic E-state index is 0.00677. The zero-order valence-electron chi connectivity index (χ0n) is 20.4. The zero-order chi connectivity index (χ0) is 25.0. The second-order valence-electron chi connectivity index (χ2n) is 10.5. The maximum absolute atomic E-state index is 12.8. The molecule has 1 fully saturated rings. The van der Waals surface area contributed by atoms with E-state index in [9.17, 15) is 14.4 Å². The first-order valence-electron chi connectivity index (χ1n) is 12.3. The Kier molecular flexibility index (Phi) is 7.43. The highest BCUT2D eigenvalue weighted by atomic mass is 16.5. The van der Waals surface area contributed by atoms with Crippen molar-refractivity contribution in [2.75, 3.05) is 19.7 Å². The average Bonchev–Trinajstić information content (AvgIpc) is 3.42. The molecule has 0 aromatic heterocycles. The van der Waals surface area contributed by atoms with Crippen molar-refractivity contribution in [2.24, 2.45) is 17.3 Å². The molecule has 2 aliphatic rings. The Morgan fingerprint density at radius 2 is 1.60 bits per heavy atom. The van der Waals surface area contributed by atoms with Crippen molar-refractivity contribution < 1.29 is 24.2 Å². The Labute approximate surface area is 206 Å². The maximum atomic E-state index is 12.8. The van der Waals surface area contributed by atoms with E-state index in [2.05, 4.69) is 34.9 Å². The third kappa shape index (κ3) is 5.84. The number of nitrogens with one attached hydrogen (secondary N) is 2. The highest BCUT2D eigenvalue weighted by Crippen LogP contribution is 2.44. The monoisotopic (exact) mass is 478 g/mol. The lowest BCUT2D eigenvalue weighted by Crippen LogP contribution is -2.41. The number of carboxylic acid groups (broad SMARTS) is 1. The number of rotatable bonds is 9. The third-order valence-electron chi connectivity index (χ3n) is 7.22. The van der Waals surface area contributed by atoms with Gasteiger partial charge in [0.2, 0.25) is 5.91 Å². The average molecular weight is 479 g/mol.